The van der Waals surface area contributed by atoms with E-state index in [1.165, 1.54) is 0 Å². The lowest BCUT2D eigenvalue weighted by Gasteiger charge is -2.17. The van der Waals surface area contributed by atoms with Crippen LogP contribution in [-0.2, 0) is 14.8 Å². The molecule has 7 nitrogen and oxygen atoms in total. The molecule has 0 aliphatic rings. The topological polar surface area (TPSA) is 101 Å². The molecule has 2 N–H and O–H groups in total. The fourth-order valence-corrected chi connectivity index (χ4v) is 4.48. The van der Waals surface area contributed by atoms with Crippen molar-refractivity contribution in [3.05, 3.63) is 34.9 Å². The third kappa shape index (κ3) is 5.33. The molecule has 0 aliphatic carbocycles. The van der Waals surface area contributed by atoms with Gasteiger partial charge in [0.15, 0.2) is 0 Å². The van der Waals surface area contributed by atoms with Crippen LogP contribution in [0.4, 0.5) is 5.13 Å². The van der Waals surface area contributed by atoms with Crippen molar-refractivity contribution < 1.29 is 13.2 Å². The zero-order valence-corrected chi connectivity index (χ0v) is 18.1. The van der Waals surface area contributed by atoms with Crippen LogP contribution >= 0.6 is 11.3 Å². The number of sulfonamides is 1. The van der Waals surface area contributed by atoms with E-state index in [4.69, 9.17) is 0 Å². The second-order valence-electron chi connectivity index (χ2n) is 7.50. The number of aryl methyl sites for hydroxylation is 2. The van der Waals surface area contributed by atoms with E-state index in [0.29, 0.717) is 6.42 Å². The number of aromatic nitrogens is 2. The highest BCUT2D eigenvalue weighted by Crippen LogP contribution is 2.26. The predicted octanol–water partition coefficient (Wildman–Crippen LogP) is 3.57. The van der Waals surface area contributed by atoms with Gasteiger partial charge in [-0.15, -0.1) is 10.2 Å². The number of rotatable bonds is 6. The molecule has 1 amide bonds. The minimum absolute atomic E-state index is 0.162. The molecule has 0 saturated carbocycles. The Bertz CT molecular complexity index is 930. The summed E-state index contributed by atoms with van der Waals surface area (Å²) < 4.78 is 27.9. The number of benzene rings is 1. The normalized spacial score (nSPS) is 13.4. The van der Waals surface area contributed by atoms with E-state index in [2.05, 4.69) is 20.2 Å². The van der Waals surface area contributed by atoms with E-state index in [1.54, 1.807) is 20.8 Å². The van der Waals surface area contributed by atoms with Crippen LogP contribution in [0.3, 0.4) is 0 Å². The second-order valence-corrected chi connectivity index (χ2v) is 10.4. The summed E-state index contributed by atoms with van der Waals surface area (Å²) in [5.41, 5.74) is 2.54. The quantitative estimate of drug-likeness (QED) is 0.709. The third-order valence-electron chi connectivity index (χ3n) is 4.18. The molecule has 0 bridgehead atoms. The predicted molar refractivity (Wildman–Crippen MR) is 107 cm³/mol. The monoisotopic (exact) mass is 410 g/mol. The van der Waals surface area contributed by atoms with E-state index in [-0.39, 0.29) is 21.4 Å². The molecule has 1 aromatic heterocycles. The number of nitrogens with one attached hydrogen (secondary N) is 2. The van der Waals surface area contributed by atoms with Gasteiger partial charge in [-0.2, -0.15) is 0 Å². The molecule has 2 rings (SSSR count). The highest BCUT2D eigenvalue weighted by Gasteiger charge is 2.27. The first-order valence-corrected chi connectivity index (χ1v) is 11.0. The number of hydrogen-bond acceptors (Lipinski definition) is 6. The van der Waals surface area contributed by atoms with Crippen LogP contribution in [0.1, 0.15) is 56.8 Å². The molecule has 27 heavy (non-hydrogen) atoms. The number of carbonyl (C=O) groups is 1. The minimum Gasteiger partial charge on any atom is -0.300 e. The fraction of sp³-hybridized carbons (Fsp3) is 0.500. The Labute approximate surface area is 164 Å². The Morgan fingerprint density at radius 3 is 2.41 bits per heavy atom. The van der Waals surface area contributed by atoms with E-state index in [9.17, 15) is 13.2 Å². The van der Waals surface area contributed by atoms with E-state index in [1.807, 2.05) is 39.0 Å². The summed E-state index contributed by atoms with van der Waals surface area (Å²) in [6.45, 7) is 11.2. The number of hydrogen-bond donors (Lipinski definition) is 2. The van der Waals surface area contributed by atoms with Gasteiger partial charge < -0.3 is 5.32 Å². The molecule has 9 heteroatoms. The summed E-state index contributed by atoms with van der Waals surface area (Å²) in [6, 6.07) is 5.52. The van der Waals surface area contributed by atoms with Crippen LogP contribution in [-0.4, -0.2) is 24.5 Å². The van der Waals surface area contributed by atoms with Gasteiger partial charge in [0.2, 0.25) is 15.4 Å². The summed E-state index contributed by atoms with van der Waals surface area (Å²) in [7, 11) is -3.85. The minimum atomic E-state index is -3.85. The standard InChI is InChI=1S/C18H26N4O3S2/c1-7-14(13-9-8-11(2)12(3)10-13)22-27(24,25)17-21-20-16(26-17)19-15(23)18(4,5)6/h8-10,14,22H,7H2,1-6H3,(H,19,20,23)/t14-/m0/s1. The van der Waals surface area contributed by atoms with Crippen molar-refractivity contribution in [1.82, 2.24) is 14.9 Å². The molecule has 1 atom stereocenters. The first-order valence-electron chi connectivity index (χ1n) is 8.68. The zero-order valence-electron chi connectivity index (χ0n) is 16.5. The highest BCUT2D eigenvalue weighted by atomic mass is 32.2. The van der Waals surface area contributed by atoms with Crippen molar-refractivity contribution in [1.29, 1.82) is 0 Å². The Balaban J connectivity index is 2.20. The molecule has 0 unspecified atom stereocenters. The maximum atomic E-state index is 12.7. The van der Waals surface area contributed by atoms with Crippen LogP contribution in [0.2, 0.25) is 0 Å². The van der Waals surface area contributed by atoms with Crippen LogP contribution in [0, 0.1) is 19.3 Å². The lowest BCUT2D eigenvalue weighted by atomic mass is 9.96. The first-order chi connectivity index (χ1) is 12.4. The third-order valence-corrected chi connectivity index (χ3v) is 6.85. The summed E-state index contributed by atoms with van der Waals surface area (Å²) >= 11 is 0.833. The van der Waals surface area contributed by atoms with Crippen molar-refractivity contribution in [3.63, 3.8) is 0 Å². The molecule has 148 valence electrons. The smallest absolute Gasteiger partial charge is 0.270 e. The van der Waals surface area contributed by atoms with Crippen LogP contribution in [0.5, 0.6) is 0 Å². The Kier molecular flexibility index (Phi) is 6.39. The van der Waals surface area contributed by atoms with Gasteiger partial charge in [0.05, 0.1) is 0 Å². The average molecular weight is 411 g/mol. The van der Waals surface area contributed by atoms with Crippen LogP contribution in [0.15, 0.2) is 22.5 Å². The fourth-order valence-electron chi connectivity index (χ4n) is 2.26. The molecule has 0 fully saturated rings. The Morgan fingerprint density at radius 2 is 1.85 bits per heavy atom. The summed E-state index contributed by atoms with van der Waals surface area (Å²) in [5, 5.41) is 10.3. The van der Waals surface area contributed by atoms with Crippen molar-refractivity contribution in [2.75, 3.05) is 5.32 Å². The lowest BCUT2D eigenvalue weighted by molar-refractivity contribution is -0.123. The van der Waals surface area contributed by atoms with Crippen molar-refractivity contribution in [2.24, 2.45) is 5.41 Å². The van der Waals surface area contributed by atoms with Gasteiger partial charge in [-0.25, -0.2) is 13.1 Å². The van der Waals surface area contributed by atoms with Crippen molar-refractivity contribution >= 4 is 32.4 Å². The molecule has 0 aliphatic heterocycles. The molecule has 0 radical (unpaired) electrons. The molecule has 1 aromatic carbocycles. The first kappa shape index (κ1) is 21.5. The highest BCUT2D eigenvalue weighted by molar-refractivity contribution is 7.91. The van der Waals surface area contributed by atoms with E-state index < -0.39 is 15.4 Å². The van der Waals surface area contributed by atoms with Crippen LogP contribution in [0.25, 0.3) is 0 Å². The van der Waals surface area contributed by atoms with Gasteiger partial charge >= 0.3 is 0 Å². The molecule has 0 spiro atoms. The van der Waals surface area contributed by atoms with Gasteiger partial charge in [-0.05, 0) is 37.0 Å². The molecular weight excluding hydrogens is 384 g/mol. The molecule has 0 saturated heterocycles. The molecule has 2 aromatic rings. The summed E-state index contributed by atoms with van der Waals surface area (Å²) in [6.07, 6.45) is 0.591. The number of carbonyl (C=O) groups excluding carboxylic acids is 1. The lowest BCUT2D eigenvalue weighted by Crippen LogP contribution is -2.28. The largest absolute Gasteiger partial charge is 0.300 e. The molecule has 1 heterocycles. The second kappa shape index (κ2) is 8.04. The van der Waals surface area contributed by atoms with Gasteiger partial charge in [0.25, 0.3) is 10.0 Å². The summed E-state index contributed by atoms with van der Waals surface area (Å²) in [5.74, 6) is -0.253. The van der Waals surface area contributed by atoms with Crippen molar-refractivity contribution in [2.45, 2.75) is 58.3 Å². The average Bonchev–Trinajstić information content (AvgIpc) is 3.04. The zero-order chi connectivity index (χ0) is 20.4. The summed E-state index contributed by atoms with van der Waals surface area (Å²) in [4.78, 5) is 12.0. The van der Waals surface area contributed by atoms with Crippen LogP contribution < -0.4 is 10.0 Å². The van der Waals surface area contributed by atoms with Gasteiger partial charge in [0, 0.05) is 11.5 Å². The number of anilines is 1. The maximum absolute atomic E-state index is 12.7. The van der Waals surface area contributed by atoms with Crippen molar-refractivity contribution in [3.8, 4) is 0 Å². The maximum Gasteiger partial charge on any atom is 0.270 e. The Hall–Kier alpha value is -1.84. The van der Waals surface area contributed by atoms with E-state index in [0.717, 1.165) is 28.0 Å². The van der Waals surface area contributed by atoms with E-state index >= 15 is 0 Å². The number of nitrogens with zero attached hydrogens (tertiary/aromatic N) is 2. The SMILES string of the molecule is CC[C@H](NS(=O)(=O)c1nnc(NC(=O)C(C)(C)C)s1)c1ccc(C)c(C)c1. The Morgan fingerprint density at radius 1 is 1.19 bits per heavy atom. The number of amides is 1. The van der Waals surface area contributed by atoms with Gasteiger partial charge in [-0.1, -0.05) is 57.2 Å². The molecular formula is C18H26N4O3S2. The van der Waals surface area contributed by atoms with Gasteiger partial charge in [-0.3, -0.25) is 4.79 Å². The van der Waals surface area contributed by atoms with Gasteiger partial charge in [0.1, 0.15) is 0 Å².